The standard InChI is InChI=1S/C23H27N3O5/c1-25(2)11-12-26-18-14-17(7-9-19(18)31-15-23(26)28)24-22(27)10-6-16-5-8-20(29-3)21(13-16)30-4/h5-10,13-14H,11-12,15H2,1-4H3,(H,24,27)/b10-6+. The first-order chi connectivity index (χ1) is 14.9. The molecule has 164 valence electrons. The Morgan fingerprint density at radius 3 is 2.65 bits per heavy atom. The third kappa shape index (κ3) is 5.55. The molecule has 0 saturated heterocycles. The maximum atomic E-state index is 12.4. The molecule has 3 rings (SSSR count). The summed E-state index contributed by atoms with van der Waals surface area (Å²) >= 11 is 0. The summed E-state index contributed by atoms with van der Waals surface area (Å²) in [5.41, 5.74) is 2.03. The minimum atomic E-state index is -0.294. The first-order valence-corrected chi connectivity index (χ1v) is 9.84. The van der Waals surface area contributed by atoms with Gasteiger partial charge >= 0.3 is 0 Å². The van der Waals surface area contributed by atoms with Crippen LogP contribution in [0, 0.1) is 0 Å². The first kappa shape index (κ1) is 22.2. The molecule has 1 N–H and O–H groups in total. The SMILES string of the molecule is COc1ccc(/C=C/C(=O)Nc2ccc3c(c2)N(CCN(C)C)C(=O)CO3)cc1OC. The number of amides is 2. The molecule has 0 bridgehead atoms. The highest BCUT2D eigenvalue weighted by atomic mass is 16.5. The van der Waals surface area contributed by atoms with Gasteiger partial charge in [0.25, 0.3) is 5.91 Å². The molecule has 0 spiro atoms. The molecule has 1 heterocycles. The number of benzene rings is 2. The maximum Gasteiger partial charge on any atom is 0.265 e. The Bertz CT molecular complexity index is 987. The third-order valence-electron chi connectivity index (χ3n) is 4.78. The molecule has 8 heteroatoms. The average molecular weight is 425 g/mol. The third-order valence-corrected chi connectivity index (χ3v) is 4.78. The number of nitrogens with one attached hydrogen (secondary N) is 1. The van der Waals surface area contributed by atoms with Gasteiger partial charge in [-0.2, -0.15) is 0 Å². The van der Waals surface area contributed by atoms with Crippen LogP contribution >= 0.6 is 0 Å². The minimum absolute atomic E-state index is 0.0141. The van der Waals surface area contributed by atoms with E-state index in [-0.39, 0.29) is 18.4 Å². The number of ether oxygens (including phenoxy) is 3. The zero-order valence-electron chi connectivity index (χ0n) is 18.2. The fraction of sp³-hybridized carbons (Fsp3) is 0.304. The summed E-state index contributed by atoms with van der Waals surface area (Å²) in [4.78, 5) is 28.4. The van der Waals surface area contributed by atoms with E-state index in [1.54, 1.807) is 55.5 Å². The number of anilines is 2. The van der Waals surface area contributed by atoms with Crippen LogP contribution in [0.2, 0.25) is 0 Å². The fourth-order valence-electron chi connectivity index (χ4n) is 3.14. The van der Waals surface area contributed by atoms with Gasteiger partial charge in [0, 0.05) is 24.9 Å². The molecule has 2 aromatic carbocycles. The molecule has 8 nitrogen and oxygen atoms in total. The quantitative estimate of drug-likeness (QED) is 0.655. The van der Waals surface area contributed by atoms with Crippen molar-refractivity contribution in [2.75, 3.05) is 58.2 Å². The van der Waals surface area contributed by atoms with E-state index in [4.69, 9.17) is 14.2 Å². The van der Waals surface area contributed by atoms with E-state index in [2.05, 4.69) is 5.32 Å². The number of carbonyl (C=O) groups excluding carboxylic acids is 2. The highest BCUT2D eigenvalue weighted by Gasteiger charge is 2.25. The number of fused-ring (bicyclic) bond motifs is 1. The smallest absolute Gasteiger partial charge is 0.265 e. The van der Waals surface area contributed by atoms with Gasteiger partial charge in [0.1, 0.15) is 5.75 Å². The van der Waals surface area contributed by atoms with Crippen molar-refractivity contribution < 1.29 is 23.8 Å². The van der Waals surface area contributed by atoms with Crippen LogP contribution in [0.25, 0.3) is 6.08 Å². The van der Waals surface area contributed by atoms with Gasteiger partial charge in [-0.25, -0.2) is 0 Å². The van der Waals surface area contributed by atoms with Crippen molar-refractivity contribution in [3.05, 3.63) is 48.0 Å². The first-order valence-electron chi connectivity index (χ1n) is 9.84. The molecule has 0 aliphatic carbocycles. The Hall–Kier alpha value is -3.52. The van der Waals surface area contributed by atoms with E-state index in [9.17, 15) is 9.59 Å². The van der Waals surface area contributed by atoms with Gasteiger partial charge < -0.3 is 29.3 Å². The summed E-state index contributed by atoms with van der Waals surface area (Å²) in [5, 5.41) is 2.83. The van der Waals surface area contributed by atoms with Gasteiger partial charge in [-0.15, -0.1) is 0 Å². The summed E-state index contributed by atoms with van der Waals surface area (Å²) in [6, 6.07) is 10.7. The lowest BCUT2D eigenvalue weighted by molar-refractivity contribution is -0.121. The lowest BCUT2D eigenvalue weighted by Crippen LogP contribution is -2.42. The molecule has 0 unspecified atom stereocenters. The van der Waals surface area contributed by atoms with E-state index in [1.807, 2.05) is 25.1 Å². The second-order valence-corrected chi connectivity index (χ2v) is 7.26. The van der Waals surface area contributed by atoms with Crippen LogP contribution in [0.4, 0.5) is 11.4 Å². The monoisotopic (exact) mass is 425 g/mol. The molecule has 1 aliphatic rings. The molecule has 0 atom stereocenters. The van der Waals surface area contributed by atoms with Gasteiger partial charge in [-0.1, -0.05) is 6.07 Å². The van der Waals surface area contributed by atoms with Crippen LogP contribution in [0.3, 0.4) is 0 Å². The zero-order chi connectivity index (χ0) is 22.4. The molecule has 0 saturated carbocycles. The van der Waals surface area contributed by atoms with Crippen LogP contribution < -0.4 is 24.4 Å². The zero-order valence-corrected chi connectivity index (χ0v) is 18.2. The summed E-state index contributed by atoms with van der Waals surface area (Å²) in [7, 11) is 7.03. The molecular weight excluding hydrogens is 398 g/mol. The summed E-state index contributed by atoms with van der Waals surface area (Å²) in [6.07, 6.45) is 3.12. The van der Waals surface area contributed by atoms with Crippen molar-refractivity contribution in [1.82, 2.24) is 4.90 Å². The summed E-state index contributed by atoms with van der Waals surface area (Å²) < 4.78 is 16.0. The van der Waals surface area contributed by atoms with E-state index < -0.39 is 0 Å². The molecular formula is C23H27N3O5. The van der Waals surface area contributed by atoms with Gasteiger partial charge in [-0.05, 0) is 56.1 Å². The number of hydrogen-bond acceptors (Lipinski definition) is 6. The van der Waals surface area contributed by atoms with Crippen molar-refractivity contribution in [2.24, 2.45) is 0 Å². The number of carbonyl (C=O) groups is 2. The summed E-state index contributed by atoms with van der Waals surface area (Å²) in [5.74, 6) is 1.43. The van der Waals surface area contributed by atoms with Crippen molar-refractivity contribution >= 4 is 29.3 Å². The predicted molar refractivity (Wildman–Crippen MR) is 120 cm³/mol. The summed E-state index contributed by atoms with van der Waals surface area (Å²) in [6.45, 7) is 1.27. The number of hydrogen-bond donors (Lipinski definition) is 1. The van der Waals surface area contributed by atoms with E-state index in [0.717, 1.165) is 12.1 Å². The van der Waals surface area contributed by atoms with Crippen molar-refractivity contribution in [1.29, 1.82) is 0 Å². The van der Waals surface area contributed by atoms with Crippen LogP contribution in [-0.2, 0) is 9.59 Å². The van der Waals surface area contributed by atoms with Gasteiger partial charge in [0.05, 0.1) is 19.9 Å². The van der Waals surface area contributed by atoms with E-state index >= 15 is 0 Å². The van der Waals surface area contributed by atoms with Crippen molar-refractivity contribution in [3.8, 4) is 17.2 Å². The van der Waals surface area contributed by atoms with E-state index in [1.165, 1.54) is 6.08 Å². The van der Waals surface area contributed by atoms with Crippen LogP contribution in [0.1, 0.15) is 5.56 Å². The van der Waals surface area contributed by atoms with Crippen LogP contribution in [-0.4, -0.2) is 64.7 Å². The highest BCUT2D eigenvalue weighted by molar-refractivity contribution is 6.03. The Balaban J connectivity index is 1.72. The van der Waals surface area contributed by atoms with E-state index in [0.29, 0.717) is 35.2 Å². The Kier molecular flexibility index (Phi) is 7.15. The second kappa shape index (κ2) is 9.99. The largest absolute Gasteiger partial charge is 0.493 e. The molecule has 1 aliphatic heterocycles. The van der Waals surface area contributed by atoms with Crippen molar-refractivity contribution in [2.45, 2.75) is 0 Å². The number of likely N-dealkylation sites (N-methyl/N-ethyl adjacent to an activating group) is 1. The lowest BCUT2D eigenvalue weighted by atomic mass is 10.2. The average Bonchev–Trinajstić information content (AvgIpc) is 2.76. The normalized spacial score (nSPS) is 13.2. The fourth-order valence-corrected chi connectivity index (χ4v) is 3.14. The topological polar surface area (TPSA) is 80.3 Å². The molecule has 0 radical (unpaired) electrons. The minimum Gasteiger partial charge on any atom is -0.493 e. The molecule has 0 aromatic heterocycles. The lowest BCUT2D eigenvalue weighted by Gasteiger charge is -2.30. The maximum absolute atomic E-state index is 12.4. The van der Waals surface area contributed by atoms with Crippen LogP contribution in [0.5, 0.6) is 17.2 Å². The number of methoxy groups -OCH3 is 2. The van der Waals surface area contributed by atoms with Crippen LogP contribution in [0.15, 0.2) is 42.5 Å². The molecule has 2 amide bonds. The number of nitrogens with zero attached hydrogens (tertiary/aromatic N) is 2. The molecule has 2 aromatic rings. The number of rotatable bonds is 8. The second-order valence-electron chi connectivity index (χ2n) is 7.26. The molecule has 31 heavy (non-hydrogen) atoms. The van der Waals surface area contributed by atoms with Gasteiger partial charge in [0.2, 0.25) is 5.91 Å². The van der Waals surface area contributed by atoms with Gasteiger partial charge in [0.15, 0.2) is 18.1 Å². The Labute approximate surface area is 182 Å². The Morgan fingerprint density at radius 2 is 1.94 bits per heavy atom. The Morgan fingerprint density at radius 1 is 1.16 bits per heavy atom. The van der Waals surface area contributed by atoms with Crippen molar-refractivity contribution in [3.63, 3.8) is 0 Å². The predicted octanol–water partition coefficient (Wildman–Crippen LogP) is 2.64. The van der Waals surface area contributed by atoms with Gasteiger partial charge in [-0.3, -0.25) is 9.59 Å². The highest BCUT2D eigenvalue weighted by Crippen LogP contribution is 2.34. The molecule has 0 fully saturated rings.